The molecule has 1 aliphatic heterocycles. The molecule has 0 aromatic heterocycles. The third-order valence-electron chi connectivity index (χ3n) is 3.45. The van der Waals surface area contributed by atoms with Crippen LogP contribution in [0.4, 0.5) is 5.69 Å². The molecule has 0 aliphatic carbocycles. The summed E-state index contributed by atoms with van der Waals surface area (Å²) in [5.74, 6) is 0.695. The normalized spacial score (nSPS) is 20.1. The van der Waals surface area contributed by atoms with E-state index < -0.39 is 0 Å². The van der Waals surface area contributed by atoms with E-state index in [1.165, 1.54) is 0 Å². The summed E-state index contributed by atoms with van der Waals surface area (Å²) in [5, 5.41) is 9.17. The minimum absolute atomic E-state index is 0.225. The molecule has 0 unspecified atom stereocenters. The molecule has 0 saturated carbocycles. The number of allylic oxidation sites excluding steroid dienone is 1. The fourth-order valence-electron chi connectivity index (χ4n) is 1.56. The van der Waals surface area contributed by atoms with E-state index in [0.29, 0.717) is 5.95 Å². The molecule has 1 fully saturated rings. The number of phenolic OH excluding ortho intramolecular Hbond substituents is 1. The lowest BCUT2D eigenvalue weighted by atomic mass is 9.90. The van der Waals surface area contributed by atoms with E-state index in [9.17, 15) is 0 Å². The summed E-state index contributed by atoms with van der Waals surface area (Å²) in [6, 6.07) is 6.65. The second-order valence-corrected chi connectivity index (χ2v) is 5.51. The molecule has 1 heterocycles. The lowest BCUT2D eigenvalue weighted by molar-refractivity contribution is 0.00578. The topological polar surface area (TPSA) is 51.0 Å². The molecule has 1 aromatic rings. The fraction of sp³-hybridized carbons (Fsp3) is 0.400. The van der Waals surface area contributed by atoms with Crippen molar-refractivity contribution in [1.82, 2.24) is 0 Å². The maximum Gasteiger partial charge on any atom is 0.282 e. The van der Waals surface area contributed by atoms with Crippen LogP contribution in [0.3, 0.4) is 0 Å². The third-order valence-corrected chi connectivity index (χ3v) is 3.45. The summed E-state index contributed by atoms with van der Waals surface area (Å²) in [6.45, 7) is 7.96. The Kier molecular flexibility index (Phi) is 3.27. The van der Waals surface area contributed by atoms with Gasteiger partial charge in [0.2, 0.25) is 0 Å². The van der Waals surface area contributed by atoms with Gasteiger partial charge in [0.05, 0.1) is 5.69 Å². The van der Waals surface area contributed by atoms with Gasteiger partial charge in [0.15, 0.2) is 0 Å². The Labute approximate surface area is 113 Å². The molecule has 1 saturated heterocycles. The highest BCUT2D eigenvalue weighted by molar-refractivity contribution is 5.74. The molecule has 19 heavy (non-hydrogen) atoms. The van der Waals surface area contributed by atoms with Gasteiger partial charge in [0, 0.05) is 12.3 Å². The van der Waals surface area contributed by atoms with E-state index in [1.54, 1.807) is 36.6 Å². The molecular formula is C15H19NO3. The zero-order valence-electron chi connectivity index (χ0n) is 11.7. The highest BCUT2D eigenvalue weighted by atomic mass is 16.7. The Morgan fingerprint density at radius 2 is 1.53 bits per heavy atom. The van der Waals surface area contributed by atoms with Crippen molar-refractivity contribution in [2.45, 2.75) is 38.9 Å². The van der Waals surface area contributed by atoms with Gasteiger partial charge in [-0.3, -0.25) is 4.99 Å². The maximum absolute atomic E-state index is 9.17. The minimum atomic E-state index is -0.370. The lowest BCUT2D eigenvalue weighted by Crippen LogP contribution is -2.41. The molecule has 1 aromatic carbocycles. The number of aromatic hydroxyl groups is 1. The van der Waals surface area contributed by atoms with E-state index in [-0.39, 0.29) is 17.0 Å². The molecule has 0 bridgehead atoms. The van der Waals surface area contributed by atoms with E-state index in [0.717, 1.165) is 5.69 Å². The van der Waals surface area contributed by atoms with Gasteiger partial charge in [-0.1, -0.05) is 0 Å². The number of benzene rings is 1. The molecule has 1 aliphatic rings. The zero-order chi connectivity index (χ0) is 14.1. The first-order chi connectivity index (χ1) is 8.80. The molecular weight excluding hydrogens is 242 g/mol. The molecule has 0 spiro atoms. The summed E-state index contributed by atoms with van der Waals surface area (Å²) in [7, 11) is 0. The van der Waals surface area contributed by atoms with E-state index in [1.807, 2.05) is 27.7 Å². The van der Waals surface area contributed by atoms with Crippen LogP contribution in [0.5, 0.6) is 5.75 Å². The van der Waals surface area contributed by atoms with Gasteiger partial charge in [0.1, 0.15) is 17.0 Å². The highest BCUT2D eigenvalue weighted by Crippen LogP contribution is 2.39. The molecule has 0 radical (unpaired) electrons. The Morgan fingerprint density at radius 1 is 1.00 bits per heavy atom. The standard InChI is InChI=1S/C15H19NO3/c1-14(2)15(3,4)19-13(18-14)9-10-16-11-5-7-12(17)8-6-11/h5-10,17H,1-4H3. The fourth-order valence-corrected chi connectivity index (χ4v) is 1.56. The van der Waals surface area contributed by atoms with E-state index in [4.69, 9.17) is 14.6 Å². The predicted molar refractivity (Wildman–Crippen MR) is 74.7 cm³/mol. The van der Waals surface area contributed by atoms with Crippen molar-refractivity contribution in [2.24, 2.45) is 4.99 Å². The Balaban J connectivity index is 2.06. The van der Waals surface area contributed by atoms with Gasteiger partial charge < -0.3 is 14.6 Å². The number of phenols is 1. The van der Waals surface area contributed by atoms with Crippen LogP contribution in [0, 0.1) is 0 Å². The zero-order valence-corrected chi connectivity index (χ0v) is 11.7. The summed E-state index contributed by atoms with van der Waals surface area (Å²) in [4.78, 5) is 4.23. The van der Waals surface area contributed by atoms with E-state index >= 15 is 0 Å². The Bertz CT molecular complexity index is 495. The summed E-state index contributed by atoms with van der Waals surface area (Å²) >= 11 is 0. The van der Waals surface area contributed by atoms with E-state index in [2.05, 4.69) is 4.99 Å². The smallest absolute Gasteiger partial charge is 0.282 e. The average molecular weight is 261 g/mol. The first kappa shape index (κ1) is 13.5. The monoisotopic (exact) mass is 261 g/mol. The van der Waals surface area contributed by atoms with Crippen LogP contribution in [0.15, 0.2) is 41.3 Å². The van der Waals surface area contributed by atoms with Crippen LogP contribution in [0.2, 0.25) is 0 Å². The quantitative estimate of drug-likeness (QED) is 0.828. The SMILES string of the molecule is CC1(C)OC(=CC=Nc2ccc(O)cc2)OC1(C)C. The van der Waals surface area contributed by atoms with Crippen molar-refractivity contribution in [2.75, 3.05) is 0 Å². The number of ether oxygens (including phenoxy) is 2. The van der Waals surface area contributed by atoms with Gasteiger partial charge in [0.25, 0.3) is 5.95 Å². The third kappa shape index (κ3) is 2.89. The Hall–Kier alpha value is -1.97. The van der Waals surface area contributed by atoms with Crippen molar-refractivity contribution in [1.29, 1.82) is 0 Å². The predicted octanol–water partition coefficient (Wildman–Crippen LogP) is 3.54. The van der Waals surface area contributed by atoms with Crippen LogP contribution < -0.4 is 0 Å². The van der Waals surface area contributed by atoms with Crippen LogP contribution in [-0.2, 0) is 9.47 Å². The lowest BCUT2D eigenvalue weighted by Gasteiger charge is -2.28. The van der Waals surface area contributed by atoms with Crippen molar-refractivity contribution >= 4 is 11.9 Å². The summed E-state index contributed by atoms with van der Waals surface area (Å²) < 4.78 is 11.5. The number of rotatable bonds is 2. The summed E-state index contributed by atoms with van der Waals surface area (Å²) in [5.41, 5.74) is 0.0160. The van der Waals surface area contributed by atoms with Crippen LogP contribution >= 0.6 is 0 Å². The maximum atomic E-state index is 9.17. The van der Waals surface area contributed by atoms with Crippen molar-refractivity contribution in [3.05, 3.63) is 36.3 Å². The molecule has 0 amide bonds. The number of aliphatic imine (C=N–C) groups is 1. The van der Waals surface area contributed by atoms with Crippen LogP contribution in [-0.4, -0.2) is 22.5 Å². The van der Waals surface area contributed by atoms with Crippen molar-refractivity contribution < 1.29 is 14.6 Å². The van der Waals surface area contributed by atoms with Crippen molar-refractivity contribution in [3.8, 4) is 5.75 Å². The second-order valence-electron chi connectivity index (χ2n) is 5.51. The number of hydrogen-bond acceptors (Lipinski definition) is 4. The first-order valence-corrected chi connectivity index (χ1v) is 6.22. The minimum Gasteiger partial charge on any atom is -0.508 e. The van der Waals surface area contributed by atoms with Crippen molar-refractivity contribution in [3.63, 3.8) is 0 Å². The van der Waals surface area contributed by atoms with Crippen LogP contribution in [0.25, 0.3) is 0 Å². The molecule has 4 nitrogen and oxygen atoms in total. The van der Waals surface area contributed by atoms with Crippen LogP contribution in [0.1, 0.15) is 27.7 Å². The second kappa shape index (κ2) is 4.61. The van der Waals surface area contributed by atoms with Gasteiger partial charge in [-0.05, 0) is 52.0 Å². The molecule has 2 rings (SSSR count). The largest absolute Gasteiger partial charge is 0.508 e. The Morgan fingerprint density at radius 3 is 2.05 bits per heavy atom. The summed E-state index contributed by atoms with van der Waals surface area (Å²) in [6.07, 6.45) is 3.32. The number of nitrogens with zero attached hydrogens (tertiary/aromatic N) is 1. The first-order valence-electron chi connectivity index (χ1n) is 6.22. The highest BCUT2D eigenvalue weighted by Gasteiger charge is 2.48. The van der Waals surface area contributed by atoms with Gasteiger partial charge in [-0.2, -0.15) is 0 Å². The van der Waals surface area contributed by atoms with Gasteiger partial charge >= 0.3 is 0 Å². The molecule has 102 valence electrons. The number of hydrogen-bond donors (Lipinski definition) is 1. The molecule has 4 heteroatoms. The van der Waals surface area contributed by atoms with Gasteiger partial charge in [-0.15, -0.1) is 0 Å². The average Bonchev–Trinajstić information content (AvgIpc) is 2.50. The molecule has 1 N–H and O–H groups in total. The van der Waals surface area contributed by atoms with Gasteiger partial charge in [-0.25, -0.2) is 0 Å². The molecule has 0 atom stereocenters.